The van der Waals surface area contributed by atoms with Crippen LogP contribution in [0.25, 0.3) is 0 Å². The summed E-state index contributed by atoms with van der Waals surface area (Å²) in [6.45, 7) is 6.05. The largest absolute Gasteiger partial charge is 0.462 e. The smallest absolute Gasteiger partial charge is 0.348 e. The summed E-state index contributed by atoms with van der Waals surface area (Å²) in [6, 6.07) is 8.65. The van der Waals surface area contributed by atoms with Gasteiger partial charge in [0.2, 0.25) is 0 Å². The fourth-order valence-electron chi connectivity index (χ4n) is 2.12. The third kappa shape index (κ3) is 5.27. The van der Waals surface area contributed by atoms with Crippen molar-refractivity contribution in [2.24, 2.45) is 0 Å². The zero-order valence-electron chi connectivity index (χ0n) is 14.8. The Morgan fingerprint density at radius 1 is 1.04 bits per heavy atom. The lowest BCUT2D eigenvalue weighted by atomic mass is 10.2. The van der Waals surface area contributed by atoms with Crippen LogP contribution >= 0.6 is 23.6 Å². The Bertz CT molecular complexity index is 800. The molecule has 1 heterocycles. The Balaban J connectivity index is 1.97. The molecule has 0 saturated carbocycles. The molecule has 1 aromatic carbocycles. The van der Waals surface area contributed by atoms with Crippen molar-refractivity contribution in [3.05, 3.63) is 46.3 Å². The van der Waals surface area contributed by atoms with Gasteiger partial charge in [-0.25, -0.2) is 9.59 Å². The number of thiocarbonyl (C=S) groups is 1. The molecule has 0 aliphatic rings. The second-order valence-electron chi connectivity index (χ2n) is 5.22. The minimum absolute atomic E-state index is 0.334. The van der Waals surface area contributed by atoms with Gasteiger partial charge in [-0.1, -0.05) is 0 Å². The van der Waals surface area contributed by atoms with Crippen molar-refractivity contribution in [1.29, 1.82) is 0 Å². The number of esters is 2. The third-order valence-electron chi connectivity index (χ3n) is 3.27. The zero-order valence-corrected chi connectivity index (χ0v) is 16.4. The van der Waals surface area contributed by atoms with E-state index in [1.165, 1.54) is 11.3 Å². The third-order valence-corrected chi connectivity index (χ3v) is 4.61. The predicted octanol–water partition coefficient (Wildman–Crippen LogP) is 4.22. The van der Waals surface area contributed by atoms with E-state index in [1.54, 1.807) is 38.1 Å². The maximum Gasteiger partial charge on any atom is 0.348 e. The van der Waals surface area contributed by atoms with Crippen LogP contribution in [0.4, 0.5) is 10.7 Å². The summed E-state index contributed by atoms with van der Waals surface area (Å²) in [5.41, 5.74) is 2.04. The quantitative estimate of drug-likeness (QED) is 0.563. The van der Waals surface area contributed by atoms with E-state index in [0.29, 0.717) is 28.8 Å². The van der Waals surface area contributed by atoms with Crippen LogP contribution in [-0.2, 0) is 9.47 Å². The number of hydrogen-bond acceptors (Lipinski definition) is 6. The van der Waals surface area contributed by atoms with Gasteiger partial charge in [0.25, 0.3) is 0 Å². The summed E-state index contributed by atoms with van der Waals surface area (Å²) in [6.07, 6.45) is 0. The number of nitrogens with one attached hydrogen (secondary N) is 2. The molecule has 0 spiro atoms. The van der Waals surface area contributed by atoms with Gasteiger partial charge in [0.05, 0.1) is 23.8 Å². The zero-order chi connectivity index (χ0) is 19.1. The number of carbonyl (C=O) groups is 2. The van der Waals surface area contributed by atoms with Crippen molar-refractivity contribution in [3.8, 4) is 0 Å². The molecule has 0 aliphatic heterocycles. The number of rotatable bonds is 6. The SMILES string of the molecule is CCOC(=O)c1ccc(NC(=S)Nc2cc(C)c(C(=O)OCC)s2)cc1. The fourth-order valence-corrected chi connectivity index (χ4v) is 3.38. The van der Waals surface area contributed by atoms with Crippen molar-refractivity contribution in [1.82, 2.24) is 0 Å². The standard InChI is InChI=1S/C18H20N2O4S2/c1-4-23-16(21)12-6-8-13(9-7-12)19-18(25)20-14-10-11(3)15(26-14)17(22)24-5-2/h6-10H,4-5H2,1-3H3,(H2,19,20,25). The van der Waals surface area contributed by atoms with E-state index in [0.717, 1.165) is 16.3 Å². The van der Waals surface area contributed by atoms with Gasteiger partial charge >= 0.3 is 11.9 Å². The number of ether oxygens (including phenoxy) is 2. The lowest BCUT2D eigenvalue weighted by Crippen LogP contribution is -2.18. The highest BCUT2D eigenvalue weighted by Crippen LogP contribution is 2.27. The first-order valence-corrected chi connectivity index (χ1v) is 9.29. The summed E-state index contributed by atoms with van der Waals surface area (Å²) >= 11 is 6.57. The van der Waals surface area contributed by atoms with Crippen LogP contribution in [0, 0.1) is 6.92 Å². The van der Waals surface area contributed by atoms with Crippen LogP contribution in [0.5, 0.6) is 0 Å². The molecule has 2 rings (SSSR count). The molecular weight excluding hydrogens is 372 g/mol. The van der Waals surface area contributed by atoms with Gasteiger partial charge in [0.15, 0.2) is 5.11 Å². The van der Waals surface area contributed by atoms with Crippen LogP contribution in [0.15, 0.2) is 30.3 Å². The summed E-state index contributed by atoms with van der Waals surface area (Å²) in [4.78, 5) is 24.1. The van der Waals surface area contributed by atoms with E-state index in [4.69, 9.17) is 21.7 Å². The molecule has 0 aliphatic carbocycles. The maximum absolute atomic E-state index is 11.9. The number of hydrogen-bond donors (Lipinski definition) is 2. The summed E-state index contributed by atoms with van der Waals surface area (Å²) < 4.78 is 9.97. The van der Waals surface area contributed by atoms with Crippen LogP contribution in [0.2, 0.25) is 0 Å². The molecule has 0 saturated heterocycles. The first-order chi connectivity index (χ1) is 12.4. The Morgan fingerprint density at radius 2 is 1.65 bits per heavy atom. The van der Waals surface area contributed by atoms with E-state index in [1.807, 2.05) is 13.0 Å². The van der Waals surface area contributed by atoms with E-state index < -0.39 is 0 Å². The minimum Gasteiger partial charge on any atom is -0.462 e. The van der Waals surface area contributed by atoms with Crippen LogP contribution in [-0.4, -0.2) is 30.3 Å². The average Bonchev–Trinajstić information content (AvgIpc) is 2.96. The average molecular weight is 393 g/mol. The monoisotopic (exact) mass is 392 g/mol. The van der Waals surface area contributed by atoms with Crippen molar-refractivity contribution < 1.29 is 19.1 Å². The fraction of sp³-hybridized carbons (Fsp3) is 0.278. The molecule has 0 bridgehead atoms. The minimum atomic E-state index is -0.361. The lowest BCUT2D eigenvalue weighted by Gasteiger charge is -2.09. The molecule has 0 atom stereocenters. The van der Waals surface area contributed by atoms with Gasteiger partial charge in [0, 0.05) is 5.69 Å². The van der Waals surface area contributed by atoms with Crippen LogP contribution < -0.4 is 10.6 Å². The number of thiophene rings is 1. The highest BCUT2D eigenvalue weighted by atomic mass is 32.1. The van der Waals surface area contributed by atoms with Gasteiger partial charge in [-0.3, -0.25) is 0 Å². The second-order valence-corrected chi connectivity index (χ2v) is 6.68. The Kier molecular flexibility index (Phi) is 7.11. The van der Waals surface area contributed by atoms with Crippen molar-refractivity contribution >= 4 is 51.3 Å². The van der Waals surface area contributed by atoms with Crippen molar-refractivity contribution in [3.63, 3.8) is 0 Å². The molecule has 6 nitrogen and oxygen atoms in total. The molecule has 2 aromatic rings. The molecule has 2 N–H and O–H groups in total. The van der Waals surface area contributed by atoms with Crippen molar-refractivity contribution in [2.75, 3.05) is 23.8 Å². The van der Waals surface area contributed by atoms with E-state index in [9.17, 15) is 9.59 Å². The van der Waals surface area contributed by atoms with E-state index in [-0.39, 0.29) is 11.9 Å². The Labute approximate surface area is 161 Å². The Hall–Kier alpha value is -2.45. The van der Waals surface area contributed by atoms with Crippen LogP contribution in [0.1, 0.15) is 39.4 Å². The molecule has 1 aromatic heterocycles. The highest BCUT2D eigenvalue weighted by Gasteiger charge is 2.15. The molecule has 0 radical (unpaired) electrons. The summed E-state index contributed by atoms with van der Waals surface area (Å²) in [5.74, 6) is -0.697. The molecular formula is C18H20N2O4S2. The van der Waals surface area contributed by atoms with Gasteiger partial charge < -0.3 is 20.1 Å². The second kappa shape index (κ2) is 9.30. The van der Waals surface area contributed by atoms with Gasteiger partial charge in [-0.15, -0.1) is 11.3 Å². The first-order valence-electron chi connectivity index (χ1n) is 8.07. The number of aryl methyl sites for hydroxylation is 1. The number of anilines is 2. The lowest BCUT2D eigenvalue weighted by molar-refractivity contribution is 0.0519. The maximum atomic E-state index is 11.9. The van der Waals surface area contributed by atoms with E-state index in [2.05, 4.69) is 10.6 Å². The summed E-state index contributed by atoms with van der Waals surface area (Å²) in [5, 5.41) is 7.20. The van der Waals surface area contributed by atoms with Gasteiger partial charge in [-0.05, 0) is 68.9 Å². The molecule has 138 valence electrons. The van der Waals surface area contributed by atoms with Crippen LogP contribution in [0.3, 0.4) is 0 Å². The number of benzene rings is 1. The molecule has 0 fully saturated rings. The molecule has 8 heteroatoms. The van der Waals surface area contributed by atoms with E-state index >= 15 is 0 Å². The normalized spacial score (nSPS) is 10.1. The summed E-state index contributed by atoms with van der Waals surface area (Å²) in [7, 11) is 0. The molecule has 0 unspecified atom stereocenters. The molecule has 26 heavy (non-hydrogen) atoms. The predicted molar refractivity (Wildman–Crippen MR) is 107 cm³/mol. The number of carbonyl (C=O) groups excluding carboxylic acids is 2. The highest BCUT2D eigenvalue weighted by molar-refractivity contribution is 7.80. The molecule has 0 amide bonds. The van der Waals surface area contributed by atoms with Gasteiger partial charge in [-0.2, -0.15) is 0 Å². The van der Waals surface area contributed by atoms with Crippen molar-refractivity contribution in [2.45, 2.75) is 20.8 Å². The topological polar surface area (TPSA) is 76.7 Å². The van der Waals surface area contributed by atoms with Gasteiger partial charge in [0.1, 0.15) is 4.88 Å². The Morgan fingerprint density at radius 3 is 2.27 bits per heavy atom. The first kappa shape index (κ1) is 19.9.